The van der Waals surface area contributed by atoms with Crippen LogP contribution in [0.15, 0.2) is 162 Å². The highest BCUT2D eigenvalue weighted by atomic mass is 16.3. The fraction of sp³-hybridized carbons (Fsp3) is 0. The Morgan fingerprint density at radius 2 is 0.816 bits per heavy atom. The second-order valence-electron chi connectivity index (χ2n) is 12.9. The van der Waals surface area contributed by atoms with E-state index in [0.29, 0.717) is 27.6 Å². The third kappa shape index (κ3) is 3.34. The number of fused-ring (bicyclic) bond motifs is 4. The van der Waals surface area contributed by atoms with Crippen molar-refractivity contribution in [2.75, 3.05) is 0 Å². The average molecular weight is 627 g/mol. The Balaban J connectivity index is 1.32. The van der Waals surface area contributed by atoms with Crippen molar-refractivity contribution in [2.24, 2.45) is 0 Å². The van der Waals surface area contributed by atoms with Gasteiger partial charge in [0.25, 0.3) is 0 Å². The highest BCUT2D eigenvalue weighted by Crippen LogP contribution is 2.48. The molecule has 1 heterocycles. The lowest BCUT2D eigenvalue weighted by Crippen LogP contribution is -1.90. The van der Waals surface area contributed by atoms with Gasteiger partial charge in [0.2, 0.25) is 0 Å². The van der Waals surface area contributed by atoms with Crippen molar-refractivity contribution in [2.45, 2.75) is 0 Å². The van der Waals surface area contributed by atoms with Gasteiger partial charge in [-0.1, -0.05) is 139 Å². The smallest absolute Gasteiger partial charge is 0.143 e. The van der Waals surface area contributed by atoms with Gasteiger partial charge in [0.05, 0.1) is 11.0 Å². The molecule has 11 aromatic carbocycles. The lowest BCUT2D eigenvalue weighted by Gasteiger charge is -2.16. The molecule has 0 fully saturated rings. The largest absolute Gasteiger partial charge is 0.455 e. The van der Waals surface area contributed by atoms with Crippen molar-refractivity contribution in [3.05, 3.63) is 158 Å². The molecule has 224 valence electrons. The van der Waals surface area contributed by atoms with Crippen molar-refractivity contribution in [1.82, 2.24) is 0 Å². The van der Waals surface area contributed by atoms with E-state index in [1.54, 1.807) is 0 Å². The molecule has 0 saturated heterocycles. The zero-order valence-electron chi connectivity index (χ0n) is 33.8. The Morgan fingerprint density at radius 1 is 0.347 bits per heavy atom. The molecule has 0 saturated carbocycles. The van der Waals surface area contributed by atoms with E-state index in [0.717, 1.165) is 64.6 Å². The highest BCUT2D eigenvalue weighted by Gasteiger charge is 2.22. The van der Waals surface area contributed by atoms with Gasteiger partial charge in [0, 0.05) is 16.3 Å². The molecule has 12 aromatic rings. The summed E-state index contributed by atoms with van der Waals surface area (Å²) < 4.78 is 80.3. The molecular weight excluding hydrogens is 593 g/mol. The molecule has 0 radical (unpaired) electrons. The van der Waals surface area contributed by atoms with Crippen LogP contribution < -0.4 is 0 Å². The molecule has 0 aliphatic carbocycles. The number of furan rings is 1. The Kier molecular flexibility index (Phi) is 3.61. The van der Waals surface area contributed by atoms with Crippen molar-refractivity contribution < 1.29 is 15.4 Å². The summed E-state index contributed by atoms with van der Waals surface area (Å²) in [5.74, 6) is 0. The molecule has 0 N–H and O–H groups in total. The van der Waals surface area contributed by atoms with Crippen LogP contribution in [0.1, 0.15) is 11.0 Å². The zero-order valence-corrected chi connectivity index (χ0v) is 25.8. The first kappa shape index (κ1) is 19.4. The van der Waals surface area contributed by atoms with E-state index in [4.69, 9.17) is 9.90 Å². The Hall–Kier alpha value is -6.44. The van der Waals surface area contributed by atoms with Crippen LogP contribution in [0.2, 0.25) is 0 Å². The maximum Gasteiger partial charge on any atom is 0.143 e. The molecule has 1 aromatic heterocycles. The highest BCUT2D eigenvalue weighted by molar-refractivity contribution is 6.29. The minimum absolute atomic E-state index is 0.0320. The van der Waals surface area contributed by atoms with Gasteiger partial charge >= 0.3 is 0 Å². The summed E-state index contributed by atoms with van der Waals surface area (Å²) in [6.45, 7) is 0. The molecule has 0 unspecified atom stereocenters. The van der Waals surface area contributed by atoms with Crippen molar-refractivity contribution in [3.8, 4) is 22.3 Å². The first-order valence-corrected chi connectivity index (χ1v) is 16.4. The monoisotopic (exact) mass is 626 g/mol. The van der Waals surface area contributed by atoms with E-state index in [2.05, 4.69) is 60.7 Å². The zero-order chi connectivity index (χ0) is 38.8. The van der Waals surface area contributed by atoms with Crippen molar-refractivity contribution >= 4 is 97.3 Å². The van der Waals surface area contributed by atoms with E-state index in [9.17, 15) is 5.48 Å². The third-order valence-electron chi connectivity index (χ3n) is 10.5. The topological polar surface area (TPSA) is 13.1 Å². The SMILES string of the molecule is [2H]c1c([2H])c(-c2ccc3ccc4cccc5ccc2c3c45)c2c(oc3c([2H])c4c([2H])c([2H])c([2H])c([2H])c4c([2H])c32)c1-c1ccc2ccc3cccc4ccc1c2c34. The van der Waals surface area contributed by atoms with Crippen LogP contribution in [0.5, 0.6) is 0 Å². The van der Waals surface area contributed by atoms with Gasteiger partial charge in [-0.15, -0.1) is 0 Å². The van der Waals surface area contributed by atoms with Crippen molar-refractivity contribution in [3.63, 3.8) is 0 Å². The van der Waals surface area contributed by atoms with E-state index in [-0.39, 0.29) is 51.5 Å². The lowest BCUT2D eigenvalue weighted by atomic mass is 9.86. The molecule has 12 rings (SSSR count). The number of hydrogen-bond donors (Lipinski definition) is 0. The molecule has 0 aliphatic rings. The summed E-state index contributed by atoms with van der Waals surface area (Å²) >= 11 is 0. The molecule has 0 amide bonds. The summed E-state index contributed by atoms with van der Waals surface area (Å²) in [6.07, 6.45) is 0. The molecule has 49 heavy (non-hydrogen) atoms. The van der Waals surface area contributed by atoms with Gasteiger partial charge in [-0.2, -0.15) is 0 Å². The van der Waals surface area contributed by atoms with E-state index >= 15 is 0 Å². The fourth-order valence-corrected chi connectivity index (χ4v) is 8.33. The minimum atomic E-state index is -0.499. The van der Waals surface area contributed by atoms with Crippen LogP contribution in [0.4, 0.5) is 0 Å². The summed E-state index contributed by atoms with van der Waals surface area (Å²) in [5.41, 5.74) is 2.21. The molecule has 0 spiro atoms. The first-order chi connectivity index (χ1) is 27.6. The van der Waals surface area contributed by atoms with Crippen LogP contribution in [0, 0.1) is 0 Å². The summed E-state index contributed by atoms with van der Waals surface area (Å²) in [7, 11) is 0. The molecule has 1 nitrogen and oxygen atoms in total. The Morgan fingerprint density at radius 3 is 1.41 bits per heavy atom. The lowest BCUT2D eigenvalue weighted by molar-refractivity contribution is 0.670. The van der Waals surface area contributed by atoms with E-state index in [1.165, 1.54) is 0 Å². The molecule has 0 aliphatic heterocycles. The van der Waals surface area contributed by atoms with Gasteiger partial charge in [-0.25, -0.2) is 0 Å². The predicted molar refractivity (Wildman–Crippen MR) is 210 cm³/mol. The maximum atomic E-state index is 9.94. The van der Waals surface area contributed by atoms with Gasteiger partial charge in [0.15, 0.2) is 0 Å². The molecule has 1 heteroatoms. The van der Waals surface area contributed by atoms with Crippen LogP contribution in [0.25, 0.3) is 120 Å². The quantitative estimate of drug-likeness (QED) is 0.174. The normalized spacial score (nSPS) is 14.8. The molecular formula is C48H26O. The summed E-state index contributed by atoms with van der Waals surface area (Å²) in [5, 5.41) is 12.6. The summed E-state index contributed by atoms with van der Waals surface area (Å²) in [6, 6.07) is 34.4. The first-order valence-electron chi connectivity index (χ1n) is 20.4. The Labute approximate surface area is 292 Å². The average Bonchev–Trinajstić information content (AvgIpc) is 3.63. The second-order valence-corrected chi connectivity index (χ2v) is 12.9. The maximum absolute atomic E-state index is 9.94. The number of rotatable bonds is 2. The number of benzene rings is 11. The van der Waals surface area contributed by atoms with Gasteiger partial charge in [-0.05, 0) is 110 Å². The van der Waals surface area contributed by atoms with Gasteiger partial charge < -0.3 is 4.42 Å². The Bertz CT molecular complexity index is 3760. The van der Waals surface area contributed by atoms with E-state index in [1.807, 2.05) is 48.5 Å². The van der Waals surface area contributed by atoms with Gasteiger partial charge in [-0.3, -0.25) is 0 Å². The minimum Gasteiger partial charge on any atom is -0.455 e. The third-order valence-corrected chi connectivity index (χ3v) is 10.5. The van der Waals surface area contributed by atoms with Gasteiger partial charge in [0.1, 0.15) is 11.2 Å². The van der Waals surface area contributed by atoms with Crippen LogP contribution in [-0.2, 0) is 0 Å². The van der Waals surface area contributed by atoms with E-state index < -0.39 is 24.2 Å². The van der Waals surface area contributed by atoms with Crippen LogP contribution in [-0.4, -0.2) is 0 Å². The fourth-order valence-electron chi connectivity index (χ4n) is 8.33. The standard InChI is InChI=1S/C48H26O/c1-2-6-34-26-42-41(25-33(34)5-1)47-39(35-19-15-31-13-11-27-7-3-9-29-17-21-37(35)45(31)43(27)29)23-24-40(48(47)49-42)36-20-16-32-14-12-28-8-4-10-30-18-22-38(36)46(32)44(28)30/h1-26H/i1D,2D,5D,6D,23D,24D,25D,26D. The van der Waals surface area contributed by atoms with Crippen molar-refractivity contribution in [1.29, 1.82) is 0 Å². The van der Waals surface area contributed by atoms with Crippen LogP contribution >= 0.6 is 0 Å². The van der Waals surface area contributed by atoms with Crippen LogP contribution in [0.3, 0.4) is 0 Å². The predicted octanol–water partition coefficient (Wildman–Crippen LogP) is 13.9. The molecule has 0 atom stereocenters. The molecule has 0 bridgehead atoms. The summed E-state index contributed by atoms with van der Waals surface area (Å²) in [4.78, 5) is 0. The second kappa shape index (κ2) is 9.13. The number of hydrogen-bond acceptors (Lipinski definition) is 1.